The summed E-state index contributed by atoms with van der Waals surface area (Å²) in [4.78, 5) is 16.1. The highest BCUT2D eigenvalue weighted by Gasteiger charge is 2.08. The van der Waals surface area contributed by atoms with Crippen LogP contribution < -0.4 is 5.32 Å². The second-order valence-corrected chi connectivity index (χ2v) is 5.38. The molecule has 6 heteroatoms. The number of rotatable bonds is 3. The van der Waals surface area contributed by atoms with Gasteiger partial charge >= 0.3 is 0 Å². The molecule has 2 heterocycles. The van der Waals surface area contributed by atoms with Crippen molar-refractivity contribution in [2.75, 3.05) is 5.32 Å². The number of hydrogen-bond acceptors (Lipinski definition) is 4. The van der Waals surface area contributed by atoms with Crippen molar-refractivity contribution >= 4 is 50.3 Å². The van der Waals surface area contributed by atoms with Gasteiger partial charge in [-0.15, -0.1) is 0 Å². The van der Waals surface area contributed by atoms with Crippen molar-refractivity contribution in [3.05, 3.63) is 53.5 Å². The van der Waals surface area contributed by atoms with Gasteiger partial charge in [0.1, 0.15) is 11.3 Å². The third-order valence-corrected chi connectivity index (χ3v) is 3.78. The van der Waals surface area contributed by atoms with Crippen LogP contribution >= 0.6 is 22.9 Å². The van der Waals surface area contributed by atoms with Crippen molar-refractivity contribution in [2.45, 2.75) is 0 Å². The average molecular weight is 305 g/mol. The lowest BCUT2D eigenvalue weighted by Crippen LogP contribution is -2.07. The van der Waals surface area contributed by atoms with Gasteiger partial charge < -0.3 is 4.42 Å². The summed E-state index contributed by atoms with van der Waals surface area (Å²) in [5.41, 5.74) is 0.699. The molecule has 0 radical (unpaired) electrons. The maximum Gasteiger partial charge on any atom is 0.250 e. The number of amides is 1. The van der Waals surface area contributed by atoms with E-state index in [4.69, 9.17) is 16.0 Å². The van der Waals surface area contributed by atoms with Crippen LogP contribution in [0.5, 0.6) is 0 Å². The highest BCUT2D eigenvalue weighted by molar-refractivity contribution is 7.22. The number of fused-ring (bicyclic) bond motifs is 1. The number of aromatic nitrogens is 1. The zero-order chi connectivity index (χ0) is 13.9. The molecule has 0 aliphatic carbocycles. The van der Waals surface area contributed by atoms with Gasteiger partial charge in [0.15, 0.2) is 5.13 Å². The number of furan rings is 1. The largest absolute Gasteiger partial charge is 0.465 e. The molecule has 0 saturated carbocycles. The summed E-state index contributed by atoms with van der Waals surface area (Å²) in [7, 11) is 0. The normalized spacial score (nSPS) is 11.2. The van der Waals surface area contributed by atoms with E-state index in [2.05, 4.69) is 10.3 Å². The summed E-state index contributed by atoms with van der Waals surface area (Å²) in [6.07, 6.45) is 4.54. The number of nitrogens with one attached hydrogen (secondary N) is 1. The van der Waals surface area contributed by atoms with Crippen molar-refractivity contribution < 1.29 is 9.21 Å². The molecule has 4 nitrogen and oxygen atoms in total. The summed E-state index contributed by atoms with van der Waals surface area (Å²) in [5.74, 6) is 0.351. The number of halogens is 1. The SMILES string of the molecule is O=C(C=Cc1ccco1)Nc1nc2c(Cl)cccc2s1. The van der Waals surface area contributed by atoms with Crippen molar-refractivity contribution in [3.63, 3.8) is 0 Å². The zero-order valence-corrected chi connectivity index (χ0v) is 11.7. The summed E-state index contributed by atoms with van der Waals surface area (Å²) in [5, 5.41) is 3.79. The molecule has 0 fully saturated rings. The quantitative estimate of drug-likeness (QED) is 0.738. The molecule has 0 saturated heterocycles. The van der Waals surface area contributed by atoms with E-state index >= 15 is 0 Å². The van der Waals surface area contributed by atoms with E-state index in [1.165, 1.54) is 17.4 Å². The van der Waals surface area contributed by atoms with Crippen LogP contribution in [0, 0.1) is 0 Å². The lowest BCUT2D eigenvalue weighted by atomic mass is 10.3. The van der Waals surface area contributed by atoms with Crippen LogP contribution in [0.25, 0.3) is 16.3 Å². The molecule has 0 bridgehead atoms. The monoisotopic (exact) mass is 304 g/mol. The first-order valence-corrected chi connectivity index (χ1v) is 6.99. The second kappa shape index (κ2) is 5.48. The van der Waals surface area contributed by atoms with Gasteiger partial charge in [-0.05, 0) is 30.3 Å². The van der Waals surface area contributed by atoms with Crippen LogP contribution in [0.3, 0.4) is 0 Å². The number of anilines is 1. The molecule has 0 atom stereocenters. The van der Waals surface area contributed by atoms with Crippen LogP contribution in [0.1, 0.15) is 5.76 Å². The minimum Gasteiger partial charge on any atom is -0.465 e. The Morgan fingerprint density at radius 2 is 2.25 bits per heavy atom. The van der Waals surface area contributed by atoms with Gasteiger partial charge in [0.25, 0.3) is 0 Å². The minimum atomic E-state index is -0.267. The number of hydrogen-bond donors (Lipinski definition) is 1. The smallest absolute Gasteiger partial charge is 0.250 e. The van der Waals surface area contributed by atoms with Gasteiger partial charge in [0.2, 0.25) is 5.91 Å². The first-order valence-electron chi connectivity index (χ1n) is 5.80. The van der Waals surface area contributed by atoms with Crippen LogP contribution in [0.2, 0.25) is 5.02 Å². The molecule has 20 heavy (non-hydrogen) atoms. The number of benzene rings is 1. The van der Waals surface area contributed by atoms with Gasteiger partial charge in [-0.2, -0.15) is 0 Å². The fourth-order valence-corrected chi connectivity index (χ4v) is 2.83. The van der Waals surface area contributed by atoms with Crippen molar-refractivity contribution in [3.8, 4) is 0 Å². The zero-order valence-electron chi connectivity index (χ0n) is 10.2. The Kier molecular flexibility index (Phi) is 3.54. The molecule has 100 valence electrons. The van der Waals surface area contributed by atoms with Crippen LogP contribution in [-0.4, -0.2) is 10.9 Å². The Balaban J connectivity index is 1.76. The van der Waals surface area contributed by atoms with E-state index in [0.717, 1.165) is 4.70 Å². The van der Waals surface area contributed by atoms with Gasteiger partial charge in [0, 0.05) is 6.08 Å². The van der Waals surface area contributed by atoms with Crippen molar-refractivity contribution in [1.82, 2.24) is 4.98 Å². The van der Waals surface area contributed by atoms with Gasteiger partial charge in [-0.25, -0.2) is 4.98 Å². The van der Waals surface area contributed by atoms with Crippen LogP contribution in [0.4, 0.5) is 5.13 Å². The highest BCUT2D eigenvalue weighted by Crippen LogP contribution is 2.30. The Bertz CT molecular complexity index is 778. The molecule has 1 amide bonds. The molecule has 2 aromatic heterocycles. The maximum absolute atomic E-state index is 11.8. The number of carbonyl (C=O) groups is 1. The second-order valence-electron chi connectivity index (χ2n) is 3.94. The number of para-hydroxylation sites is 1. The Morgan fingerprint density at radius 1 is 1.35 bits per heavy atom. The molecule has 3 aromatic rings. The van der Waals surface area contributed by atoms with Crippen LogP contribution in [-0.2, 0) is 4.79 Å². The molecular weight excluding hydrogens is 296 g/mol. The Hall–Kier alpha value is -2.11. The van der Waals surface area contributed by atoms with Crippen molar-refractivity contribution in [1.29, 1.82) is 0 Å². The molecule has 3 rings (SSSR count). The van der Waals surface area contributed by atoms with E-state index in [-0.39, 0.29) is 5.91 Å². The fourth-order valence-electron chi connectivity index (χ4n) is 1.66. The van der Waals surface area contributed by atoms with E-state index in [1.54, 1.807) is 30.5 Å². The molecule has 0 spiro atoms. The third kappa shape index (κ3) is 2.74. The molecule has 1 N–H and O–H groups in total. The van der Waals surface area contributed by atoms with Crippen molar-refractivity contribution in [2.24, 2.45) is 0 Å². The summed E-state index contributed by atoms with van der Waals surface area (Å²) in [6.45, 7) is 0. The first kappa shape index (κ1) is 12.9. The molecular formula is C14H9ClN2O2S. The number of nitrogens with zero attached hydrogens (tertiary/aromatic N) is 1. The summed E-state index contributed by atoms with van der Waals surface area (Å²) in [6, 6.07) is 9.05. The number of thiazole rings is 1. The lowest BCUT2D eigenvalue weighted by molar-refractivity contribution is -0.111. The lowest BCUT2D eigenvalue weighted by Gasteiger charge is -1.94. The Morgan fingerprint density at radius 3 is 3.00 bits per heavy atom. The predicted molar refractivity (Wildman–Crippen MR) is 81.0 cm³/mol. The highest BCUT2D eigenvalue weighted by atomic mass is 35.5. The van der Waals surface area contributed by atoms with Gasteiger partial charge in [0.05, 0.1) is 16.0 Å². The summed E-state index contributed by atoms with van der Waals surface area (Å²) < 4.78 is 6.03. The fraction of sp³-hybridized carbons (Fsp3) is 0. The van der Waals surface area contributed by atoms with E-state index in [1.807, 2.05) is 12.1 Å². The van der Waals surface area contributed by atoms with E-state index < -0.39 is 0 Å². The summed E-state index contributed by atoms with van der Waals surface area (Å²) >= 11 is 7.42. The number of carbonyl (C=O) groups excluding carboxylic acids is 1. The third-order valence-electron chi connectivity index (χ3n) is 2.54. The maximum atomic E-state index is 11.8. The first-order chi connectivity index (χ1) is 9.72. The van der Waals surface area contributed by atoms with E-state index in [0.29, 0.717) is 21.4 Å². The van der Waals surface area contributed by atoms with Gasteiger partial charge in [-0.3, -0.25) is 10.1 Å². The predicted octanol–water partition coefficient (Wildman–Crippen LogP) is 4.19. The van der Waals surface area contributed by atoms with E-state index in [9.17, 15) is 4.79 Å². The topological polar surface area (TPSA) is 55.1 Å². The molecule has 0 unspecified atom stereocenters. The molecule has 0 aliphatic heterocycles. The average Bonchev–Trinajstić information content (AvgIpc) is 3.05. The van der Waals surface area contributed by atoms with Gasteiger partial charge in [-0.1, -0.05) is 29.0 Å². The molecule has 1 aromatic carbocycles. The standard InChI is InChI=1S/C14H9ClN2O2S/c15-10-4-1-5-11-13(10)17-14(20-11)16-12(18)7-6-9-3-2-8-19-9/h1-8H,(H,16,17,18). The minimum absolute atomic E-state index is 0.267. The molecule has 0 aliphatic rings. The van der Waals surface area contributed by atoms with Crippen LogP contribution in [0.15, 0.2) is 47.1 Å². The Labute approximate surface area is 123 Å².